The minimum Gasteiger partial charge on any atom is -0.464 e. The van der Waals surface area contributed by atoms with Crippen LogP contribution in [0.2, 0.25) is 0 Å². The largest absolute Gasteiger partial charge is 0.464 e. The number of rotatable bonds is 6. The molecule has 0 saturated carbocycles. The number of aliphatic hydroxyl groups is 1. The van der Waals surface area contributed by atoms with Crippen molar-refractivity contribution in [3.05, 3.63) is 47.8 Å². The van der Waals surface area contributed by atoms with Crippen molar-refractivity contribution in [2.75, 3.05) is 26.2 Å². The van der Waals surface area contributed by atoms with Gasteiger partial charge in [0.1, 0.15) is 5.65 Å². The lowest BCUT2D eigenvalue weighted by Gasteiger charge is -2.35. The third-order valence-corrected chi connectivity index (χ3v) is 5.69. The second-order valence-electron chi connectivity index (χ2n) is 9.04. The van der Waals surface area contributed by atoms with E-state index in [2.05, 4.69) is 16.0 Å². The Balaban J connectivity index is 1.55. The van der Waals surface area contributed by atoms with Gasteiger partial charge in [-0.1, -0.05) is 12.1 Å². The molecule has 0 amide bonds. The van der Waals surface area contributed by atoms with Gasteiger partial charge in [0.15, 0.2) is 0 Å². The predicted octanol–water partition coefficient (Wildman–Crippen LogP) is 3.44. The number of nitriles is 1. The number of nitrogens with zero attached hydrogens (tertiary/aromatic N) is 5. The van der Waals surface area contributed by atoms with Crippen LogP contribution in [0.25, 0.3) is 16.9 Å². The van der Waals surface area contributed by atoms with Crippen molar-refractivity contribution < 1.29 is 9.84 Å². The molecule has 4 rings (SSSR count). The van der Waals surface area contributed by atoms with Crippen LogP contribution in [0.4, 0.5) is 0 Å². The van der Waals surface area contributed by atoms with Gasteiger partial charge in [-0.05, 0) is 52.3 Å². The number of imidazole rings is 1. The summed E-state index contributed by atoms with van der Waals surface area (Å²) in [6.07, 6.45) is 5.83. The summed E-state index contributed by atoms with van der Waals surface area (Å²) < 4.78 is 8.12. The number of piperidine rings is 1. The van der Waals surface area contributed by atoms with Gasteiger partial charge in [-0.3, -0.25) is 4.40 Å². The maximum Gasteiger partial charge on any atom is 0.302 e. The zero-order valence-corrected chi connectivity index (χ0v) is 18.4. The Kier molecular flexibility index (Phi) is 5.94. The van der Waals surface area contributed by atoms with Crippen LogP contribution in [0.15, 0.2) is 36.7 Å². The third kappa shape index (κ3) is 4.87. The zero-order chi connectivity index (χ0) is 22.0. The Hall–Kier alpha value is -2.95. The molecule has 1 fully saturated rings. The van der Waals surface area contributed by atoms with Gasteiger partial charge >= 0.3 is 6.01 Å². The number of aryl methyl sites for hydroxylation is 1. The fraction of sp³-hybridized carbons (Fsp3) is 0.458. The van der Waals surface area contributed by atoms with E-state index in [0.29, 0.717) is 30.6 Å². The Labute approximate surface area is 182 Å². The first-order valence-electron chi connectivity index (χ1n) is 10.8. The normalized spacial score (nSPS) is 17.6. The van der Waals surface area contributed by atoms with E-state index in [9.17, 15) is 5.11 Å². The van der Waals surface area contributed by atoms with Gasteiger partial charge in [-0.2, -0.15) is 10.2 Å². The molecule has 7 heteroatoms. The maximum absolute atomic E-state index is 10.1. The second-order valence-corrected chi connectivity index (χ2v) is 9.04. The standard InChI is InChI=1S/C24H29N5O2/c1-17-21(20-8-6-18(13-25)7-9-20)27-23(29-12-10-26-22(17)29)31-15-19-5-4-11-28(14-19)16-24(2,3)30/h6-10,12,19,30H,4-5,11,14-16H2,1-3H3. The molecule has 31 heavy (non-hydrogen) atoms. The van der Waals surface area contributed by atoms with E-state index in [4.69, 9.17) is 15.0 Å². The van der Waals surface area contributed by atoms with Gasteiger partial charge in [0.2, 0.25) is 0 Å². The minimum atomic E-state index is -0.694. The molecular weight excluding hydrogens is 390 g/mol. The highest BCUT2D eigenvalue weighted by Gasteiger charge is 2.25. The topological polar surface area (TPSA) is 86.7 Å². The van der Waals surface area contributed by atoms with E-state index >= 15 is 0 Å². The van der Waals surface area contributed by atoms with Crippen LogP contribution >= 0.6 is 0 Å². The summed E-state index contributed by atoms with van der Waals surface area (Å²) in [5, 5.41) is 19.2. The monoisotopic (exact) mass is 419 g/mol. The zero-order valence-electron chi connectivity index (χ0n) is 18.4. The number of fused-ring (bicyclic) bond motifs is 1. The van der Waals surface area contributed by atoms with Crippen molar-refractivity contribution >= 4 is 5.65 Å². The SMILES string of the molecule is Cc1c(-c2ccc(C#N)cc2)nc(OCC2CCCN(CC(C)(C)O)C2)n2ccnc12. The maximum atomic E-state index is 10.1. The summed E-state index contributed by atoms with van der Waals surface area (Å²) in [7, 11) is 0. The molecule has 1 N–H and O–H groups in total. The van der Waals surface area contributed by atoms with Crippen molar-refractivity contribution in [1.29, 1.82) is 5.26 Å². The smallest absolute Gasteiger partial charge is 0.302 e. The molecule has 0 aliphatic carbocycles. The molecule has 0 bridgehead atoms. The van der Waals surface area contributed by atoms with Gasteiger partial charge in [0, 0.05) is 42.5 Å². The van der Waals surface area contributed by atoms with Crippen molar-refractivity contribution in [2.24, 2.45) is 5.92 Å². The van der Waals surface area contributed by atoms with E-state index in [1.54, 1.807) is 18.3 Å². The van der Waals surface area contributed by atoms with E-state index in [1.807, 2.05) is 43.5 Å². The highest BCUT2D eigenvalue weighted by atomic mass is 16.5. The second kappa shape index (κ2) is 8.66. The number of aromatic nitrogens is 3. The molecule has 1 atom stereocenters. The van der Waals surface area contributed by atoms with E-state index in [-0.39, 0.29) is 0 Å². The highest BCUT2D eigenvalue weighted by molar-refractivity contribution is 5.70. The van der Waals surface area contributed by atoms with Gasteiger partial charge in [0.25, 0.3) is 0 Å². The third-order valence-electron chi connectivity index (χ3n) is 5.69. The van der Waals surface area contributed by atoms with Crippen molar-refractivity contribution in [1.82, 2.24) is 19.3 Å². The number of β-amino-alcohol motifs (C(OH)–C–C–N with tert-alkyl or cyclic N) is 1. The molecular formula is C24H29N5O2. The first kappa shape index (κ1) is 21.3. The Bertz CT molecular complexity index is 1090. The van der Waals surface area contributed by atoms with Crippen LogP contribution in [0.3, 0.4) is 0 Å². The molecule has 1 aliphatic heterocycles. The number of hydrogen-bond acceptors (Lipinski definition) is 6. The molecule has 3 heterocycles. The lowest BCUT2D eigenvalue weighted by molar-refractivity contribution is 0.0162. The number of hydrogen-bond donors (Lipinski definition) is 1. The summed E-state index contributed by atoms with van der Waals surface area (Å²) in [6, 6.07) is 10.1. The predicted molar refractivity (Wildman–Crippen MR) is 119 cm³/mol. The average Bonchev–Trinajstić information content (AvgIpc) is 3.23. The van der Waals surface area contributed by atoms with Crippen molar-refractivity contribution in [3.8, 4) is 23.3 Å². The molecule has 162 valence electrons. The van der Waals surface area contributed by atoms with Gasteiger partial charge < -0.3 is 14.7 Å². The summed E-state index contributed by atoms with van der Waals surface area (Å²) >= 11 is 0. The number of ether oxygens (including phenoxy) is 1. The Morgan fingerprint density at radius 2 is 2.06 bits per heavy atom. The molecule has 1 saturated heterocycles. The van der Waals surface area contributed by atoms with E-state index < -0.39 is 5.60 Å². The summed E-state index contributed by atoms with van der Waals surface area (Å²) in [4.78, 5) is 11.6. The summed E-state index contributed by atoms with van der Waals surface area (Å²) in [5.41, 5.74) is 3.45. The highest BCUT2D eigenvalue weighted by Crippen LogP contribution is 2.28. The number of likely N-dealkylation sites (tertiary alicyclic amines) is 1. The average molecular weight is 420 g/mol. The van der Waals surface area contributed by atoms with E-state index in [1.165, 1.54) is 0 Å². The van der Waals surface area contributed by atoms with Crippen LogP contribution in [0.1, 0.15) is 37.8 Å². The van der Waals surface area contributed by atoms with Crippen LogP contribution in [-0.2, 0) is 0 Å². The van der Waals surface area contributed by atoms with Gasteiger partial charge in [0.05, 0.1) is 29.5 Å². The molecule has 0 radical (unpaired) electrons. The fourth-order valence-corrected chi connectivity index (χ4v) is 4.33. The van der Waals surface area contributed by atoms with Crippen molar-refractivity contribution in [3.63, 3.8) is 0 Å². The van der Waals surface area contributed by atoms with Gasteiger partial charge in [-0.15, -0.1) is 0 Å². The Morgan fingerprint density at radius 1 is 1.29 bits per heavy atom. The quantitative estimate of drug-likeness (QED) is 0.659. The number of benzene rings is 1. The lowest BCUT2D eigenvalue weighted by atomic mass is 9.97. The first-order valence-corrected chi connectivity index (χ1v) is 10.8. The van der Waals surface area contributed by atoms with Crippen LogP contribution in [-0.4, -0.2) is 56.2 Å². The first-order chi connectivity index (χ1) is 14.8. The minimum absolute atomic E-state index is 0.385. The fourth-order valence-electron chi connectivity index (χ4n) is 4.33. The molecule has 1 aliphatic rings. The molecule has 7 nitrogen and oxygen atoms in total. The molecule has 1 unspecified atom stereocenters. The van der Waals surface area contributed by atoms with Crippen molar-refractivity contribution in [2.45, 2.75) is 39.2 Å². The van der Waals surface area contributed by atoms with E-state index in [0.717, 1.165) is 48.4 Å². The Morgan fingerprint density at radius 3 is 2.77 bits per heavy atom. The van der Waals surface area contributed by atoms with Crippen LogP contribution < -0.4 is 4.74 Å². The molecule has 2 aromatic heterocycles. The van der Waals surface area contributed by atoms with Crippen LogP contribution in [0.5, 0.6) is 6.01 Å². The summed E-state index contributed by atoms with van der Waals surface area (Å²) in [6.45, 7) is 8.86. The van der Waals surface area contributed by atoms with Gasteiger partial charge in [-0.25, -0.2) is 4.98 Å². The van der Waals surface area contributed by atoms with Crippen LogP contribution in [0, 0.1) is 24.2 Å². The summed E-state index contributed by atoms with van der Waals surface area (Å²) in [5.74, 6) is 0.385. The molecule has 1 aromatic carbocycles. The lowest BCUT2D eigenvalue weighted by Crippen LogP contribution is -2.45. The molecule has 0 spiro atoms. The molecule has 3 aromatic rings.